The number of hydrogen-bond donors (Lipinski definition) is 1. The number of fused-ring (bicyclic) bond motifs is 1. The molecule has 1 fully saturated rings. The molecule has 186 valence electrons. The summed E-state index contributed by atoms with van der Waals surface area (Å²) < 4.78 is 77.8. The van der Waals surface area contributed by atoms with E-state index in [0.29, 0.717) is 29.9 Å². The second kappa shape index (κ2) is 10.1. The molecule has 3 heterocycles. The molecule has 35 heavy (non-hydrogen) atoms. The van der Waals surface area contributed by atoms with Gasteiger partial charge in [0.2, 0.25) is 15.0 Å². The summed E-state index contributed by atoms with van der Waals surface area (Å²) >= 11 is 0. The molecule has 0 aliphatic carbocycles. The van der Waals surface area contributed by atoms with Crippen LogP contribution in [0, 0.1) is 11.8 Å². The Morgan fingerprint density at radius 3 is 2.77 bits per heavy atom. The van der Waals surface area contributed by atoms with Crippen LogP contribution in [0.3, 0.4) is 0 Å². The normalized spacial score (nSPS) is 17.9. The van der Waals surface area contributed by atoms with Gasteiger partial charge in [0.25, 0.3) is 5.56 Å². The van der Waals surface area contributed by atoms with Gasteiger partial charge in [-0.2, -0.15) is 4.98 Å². The lowest BCUT2D eigenvalue weighted by atomic mass is 10.2. The molecule has 1 saturated heterocycles. The third-order valence-electron chi connectivity index (χ3n) is 5.54. The SMILES string of the molecule is [2H]C([2H])([2H])n1c(S(=O)(=O)C([2H])([2H])[2H])nc2c1c(=O)n(C)c(=O)n2CC#Cc1cccc(NCCN2CCOCC2)c1. The minimum Gasteiger partial charge on any atom is -0.384 e. The first-order valence-corrected chi connectivity index (χ1v) is 12.2. The van der Waals surface area contributed by atoms with Gasteiger partial charge in [-0.3, -0.25) is 18.8 Å². The second-order valence-corrected chi connectivity index (χ2v) is 9.27. The van der Waals surface area contributed by atoms with Gasteiger partial charge in [-0.25, -0.2) is 13.2 Å². The number of nitrogens with one attached hydrogen (secondary N) is 1. The number of anilines is 1. The Morgan fingerprint density at radius 2 is 2.03 bits per heavy atom. The van der Waals surface area contributed by atoms with E-state index in [1.165, 1.54) is 0 Å². The summed E-state index contributed by atoms with van der Waals surface area (Å²) in [6.45, 7) is 1.01. The van der Waals surface area contributed by atoms with Gasteiger partial charge in [0.15, 0.2) is 11.2 Å². The lowest BCUT2D eigenvalue weighted by molar-refractivity contribution is 0.0398. The first kappa shape index (κ1) is 18.0. The average Bonchev–Trinajstić information content (AvgIpc) is 3.32. The van der Waals surface area contributed by atoms with Crippen LogP contribution in [0.5, 0.6) is 0 Å². The molecule has 3 aromatic rings. The molecule has 1 aromatic carbocycles. The molecule has 4 rings (SSSR count). The second-order valence-electron chi connectivity index (χ2n) is 7.90. The topological polar surface area (TPSA) is 120 Å². The van der Waals surface area contributed by atoms with Gasteiger partial charge in [0.05, 0.1) is 19.8 Å². The minimum atomic E-state index is -5.32. The number of aromatic nitrogens is 4. The van der Waals surface area contributed by atoms with Gasteiger partial charge >= 0.3 is 5.69 Å². The number of rotatable bonds is 6. The van der Waals surface area contributed by atoms with Crippen LogP contribution in [-0.2, 0) is 35.1 Å². The first-order valence-electron chi connectivity index (χ1n) is 13.7. The van der Waals surface area contributed by atoms with Crippen molar-refractivity contribution in [3.05, 3.63) is 50.7 Å². The fraction of sp³-hybridized carbons (Fsp3) is 0.435. The van der Waals surface area contributed by atoms with Crippen LogP contribution >= 0.6 is 0 Å². The van der Waals surface area contributed by atoms with Crippen molar-refractivity contribution < 1.29 is 21.4 Å². The molecule has 0 amide bonds. The number of sulfone groups is 1. The summed E-state index contributed by atoms with van der Waals surface area (Å²) in [5, 5.41) is 1.96. The van der Waals surface area contributed by atoms with Gasteiger partial charge < -0.3 is 14.6 Å². The number of aryl methyl sites for hydroxylation is 1. The zero-order chi connectivity index (χ0) is 30.2. The molecule has 1 aliphatic rings. The molecule has 12 heteroatoms. The van der Waals surface area contributed by atoms with E-state index in [1.54, 1.807) is 18.2 Å². The first-order chi connectivity index (χ1) is 19.1. The highest BCUT2D eigenvalue weighted by molar-refractivity contribution is 7.90. The maximum atomic E-state index is 13.0. The van der Waals surface area contributed by atoms with E-state index in [-0.39, 0.29) is 4.57 Å². The number of morpholine rings is 1. The lowest BCUT2D eigenvalue weighted by Gasteiger charge is -2.26. The van der Waals surface area contributed by atoms with E-state index in [4.69, 9.17) is 13.0 Å². The highest BCUT2D eigenvalue weighted by atomic mass is 32.2. The maximum absolute atomic E-state index is 13.0. The predicted octanol–water partition coefficient (Wildman–Crippen LogP) is -0.367. The number of hydrogen-bond acceptors (Lipinski definition) is 8. The molecular formula is C23H28N6O5S. The third kappa shape index (κ3) is 5.32. The molecular weight excluding hydrogens is 472 g/mol. The Labute approximate surface area is 211 Å². The summed E-state index contributed by atoms with van der Waals surface area (Å²) in [4.78, 5) is 31.9. The Hall–Kier alpha value is -3.40. The smallest absolute Gasteiger partial charge is 0.333 e. The van der Waals surface area contributed by atoms with Crippen molar-refractivity contribution in [2.75, 3.05) is 50.9 Å². The number of ether oxygens (including phenoxy) is 1. The fourth-order valence-corrected chi connectivity index (χ4v) is 4.26. The van der Waals surface area contributed by atoms with Crippen LogP contribution in [0.15, 0.2) is 39.0 Å². The third-order valence-corrected chi connectivity index (χ3v) is 6.30. The minimum absolute atomic E-state index is 0.0712. The van der Waals surface area contributed by atoms with E-state index < -0.39 is 57.1 Å². The standard InChI is InChI=1S/C23H28N6O5S/c1-26-19-20(25-22(26)35(3,32)33)29(23(31)27(2)21(19)30)10-5-7-17-6-4-8-18(16-17)24-9-11-28-12-14-34-15-13-28/h4,6,8,16,24H,9-15H2,1-3H3/i1D3,3D3. The molecule has 1 N–H and O–H groups in total. The van der Waals surface area contributed by atoms with Gasteiger partial charge in [0, 0.05) is 65.9 Å². The van der Waals surface area contributed by atoms with Crippen LogP contribution < -0.4 is 16.6 Å². The molecule has 11 nitrogen and oxygen atoms in total. The highest BCUT2D eigenvalue weighted by Crippen LogP contribution is 2.14. The monoisotopic (exact) mass is 506 g/mol. The number of nitrogens with zero attached hydrogens (tertiary/aromatic N) is 5. The van der Waals surface area contributed by atoms with E-state index >= 15 is 0 Å². The van der Waals surface area contributed by atoms with E-state index in [9.17, 15) is 18.0 Å². The molecule has 1 aliphatic heterocycles. The van der Waals surface area contributed by atoms with Crippen molar-refractivity contribution in [1.29, 1.82) is 0 Å². The summed E-state index contributed by atoms with van der Waals surface area (Å²) in [5.41, 5.74) is -2.05. The quantitative estimate of drug-likeness (QED) is 0.450. The maximum Gasteiger partial charge on any atom is 0.333 e. The summed E-state index contributed by atoms with van der Waals surface area (Å²) in [7, 11) is -4.24. The molecule has 0 bridgehead atoms. The Bertz CT molecular complexity index is 1740. The van der Waals surface area contributed by atoms with Crippen molar-refractivity contribution >= 4 is 26.7 Å². The van der Waals surface area contributed by atoms with E-state index in [1.807, 2.05) is 6.07 Å². The summed E-state index contributed by atoms with van der Waals surface area (Å²) in [6.07, 6.45) is -3.67. The fourth-order valence-electron chi connectivity index (χ4n) is 3.72. The average molecular weight is 507 g/mol. The van der Waals surface area contributed by atoms with Crippen LogP contribution in [0.4, 0.5) is 5.69 Å². The Morgan fingerprint density at radius 1 is 1.23 bits per heavy atom. The molecule has 0 radical (unpaired) electrons. The lowest BCUT2D eigenvalue weighted by Crippen LogP contribution is -2.39. The van der Waals surface area contributed by atoms with Gasteiger partial charge in [-0.05, 0) is 18.2 Å². The van der Waals surface area contributed by atoms with Crippen molar-refractivity contribution in [1.82, 2.24) is 23.6 Å². The van der Waals surface area contributed by atoms with Crippen LogP contribution in [0.25, 0.3) is 11.2 Å². The van der Waals surface area contributed by atoms with Gasteiger partial charge in [-0.15, -0.1) is 0 Å². The highest BCUT2D eigenvalue weighted by Gasteiger charge is 2.23. The zero-order valence-corrected chi connectivity index (χ0v) is 19.8. The number of benzene rings is 1. The molecule has 0 unspecified atom stereocenters. The molecule has 2 aromatic heterocycles. The van der Waals surface area contributed by atoms with E-state index in [0.717, 1.165) is 36.9 Å². The molecule has 0 saturated carbocycles. The van der Waals surface area contributed by atoms with Crippen molar-refractivity contribution in [3.63, 3.8) is 0 Å². The van der Waals surface area contributed by atoms with Crippen molar-refractivity contribution in [3.8, 4) is 11.8 Å². The van der Waals surface area contributed by atoms with Crippen LogP contribution in [0.1, 0.15) is 13.8 Å². The summed E-state index contributed by atoms with van der Waals surface area (Å²) in [6, 6.07) is 7.21. The molecule has 0 spiro atoms. The summed E-state index contributed by atoms with van der Waals surface area (Å²) in [5.74, 6) is 5.65. The van der Waals surface area contributed by atoms with Crippen LogP contribution in [-0.4, -0.2) is 77.6 Å². The van der Waals surface area contributed by atoms with Gasteiger partial charge in [0.1, 0.15) is 0 Å². The number of imidazole rings is 1. The Kier molecular flexibility index (Phi) is 5.16. The largest absolute Gasteiger partial charge is 0.384 e. The Balaban J connectivity index is 1.69. The van der Waals surface area contributed by atoms with Crippen LogP contribution in [0.2, 0.25) is 0 Å². The predicted molar refractivity (Wildman–Crippen MR) is 132 cm³/mol. The van der Waals surface area contributed by atoms with Crippen molar-refractivity contribution in [2.45, 2.75) is 11.7 Å². The molecule has 0 atom stereocenters. The van der Waals surface area contributed by atoms with E-state index in [2.05, 4.69) is 27.0 Å². The zero-order valence-electron chi connectivity index (χ0n) is 24.9. The van der Waals surface area contributed by atoms with Crippen molar-refractivity contribution in [2.24, 2.45) is 14.0 Å². The van der Waals surface area contributed by atoms with Gasteiger partial charge in [-0.1, -0.05) is 17.9 Å².